The van der Waals surface area contributed by atoms with Crippen LogP contribution < -0.4 is 0 Å². The van der Waals surface area contributed by atoms with E-state index in [4.69, 9.17) is 8.74 Å². The maximum atomic E-state index is 11.1. The predicted molar refractivity (Wildman–Crippen MR) is 133 cm³/mol. The van der Waals surface area contributed by atoms with Crippen LogP contribution in [0.3, 0.4) is 0 Å². The van der Waals surface area contributed by atoms with Gasteiger partial charge in [-0.15, -0.1) is 0 Å². The van der Waals surface area contributed by atoms with E-state index in [1.807, 2.05) is 13.8 Å². The molecule has 5 atom stereocenters. The molecular weight excluding hydrogens is 436 g/mol. The molecule has 0 amide bonds. The molecule has 2 N–H and O–H groups in total. The third kappa shape index (κ3) is 7.03. The van der Waals surface area contributed by atoms with Crippen LogP contribution in [0.4, 0.5) is 0 Å². The predicted octanol–water partition coefficient (Wildman–Crippen LogP) is 6.56. The SMILES string of the molecule is C=C1CC[C@H](OS(=O)(=O)O)C/C1=C/C=C1\CCC[C@]2(C)[C@@H]([C@H](C)CCCC(C)(C)O)CC[C@@H]12. The van der Waals surface area contributed by atoms with Gasteiger partial charge in [0, 0.05) is 6.42 Å². The van der Waals surface area contributed by atoms with Crippen LogP contribution in [-0.2, 0) is 14.6 Å². The fourth-order valence-corrected chi connectivity index (χ4v) is 7.42. The number of aliphatic hydroxyl groups is 1. The Morgan fingerprint density at radius 3 is 2.64 bits per heavy atom. The first-order valence-electron chi connectivity index (χ1n) is 12.7. The molecular formula is C27H44O5S. The van der Waals surface area contributed by atoms with Gasteiger partial charge < -0.3 is 5.11 Å². The van der Waals surface area contributed by atoms with Gasteiger partial charge in [0.1, 0.15) is 0 Å². The molecule has 0 aliphatic heterocycles. The number of hydrogen-bond acceptors (Lipinski definition) is 4. The Kier molecular flexibility index (Phi) is 8.36. The number of rotatable bonds is 8. The molecule has 0 unspecified atom stereocenters. The second-order valence-corrected chi connectivity index (χ2v) is 12.8. The van der Waals surface area contributed by atoms with Crippen LogP contribution >= 0.6 is 0 Å². The van der Waals surface area contributed by atoms with Gasteiger partial charge in [0.2, 0.25) is 0 Å². The van der Waals surface area contributed by atoms with Gasteiger partial charge in [-0.3, -0.25) is 4.55 Å². The molecule has 6 heteroatoms. The highest BCUT2D eigenvalue weighted by Gasteiger charge is 2.50. The number of hydrogen-bond donors (Lipinski definition) is 2. The van der Waals surface area contributed by atoms with Gasteiger partial charge in [-0.2, -0.15) is 8.42 Å². The van der Waals surface area contributed by atoms with Gasteiger partial charge >= 0.3 is 10.4 Å². The van der Waals surface area contributed by atoms with Gasteiger partial charge in [0.15, 0.2) is 0 Å². The van der Waals surface area contributed by atoms with Gasteiger partial charge in [-0.1, -0.05) is 56.6 Å². The summed E-state index contributed by atoms with van der Waals surface area (Å²) in [7, 11) is -4.44. The first kappa shape index (κ1) is 26.7. The Bertz CT molecular complexity index is 879. The summed E-state index contributed by atoms with van der Waals surface area (Å²) < 4.78 is 36.1. The third-order valence-corrected chi connectivity index (χ3v) is 9.11. The Balaban J connectivity index is 1.69. The lowest BCUT2D eigenvalue weighted by molar-refractivity contribution is 0.0596. The molecule has 3 rings (SSSR count). The van der Waals surface area contributed by atoms with E-state index in [0.29, 0.717) is 36.5 Å². The van der Waals surface area contributed by atoms with Gasteiger partial charge in [0.05, 0.1) is 11.7 Å². The molecule has 0 aromatic carbocycles. The number of allylic oxidation sites excluding steroid dienone is 4. The molecule has 0 heterocycles. The van der Waals surface area contributed by atoms with Crippen LogP contribution in [0.5, 0.6) is 0 Å². The van der Waals surface area contributed by atoms with E-state index in [0.717, 1.165) is 36.3 Å². The highest BCUT2D eigenvalue weighted by atomic mass is 32.3. The molecule has 3 aliphatic rings. The second kappa shape index (κ2) is 10.3. The van der Waals surface area contributed by atoms with Crippen molar-refractivity contribution < 1.29 is 22.3 Å². The molecule has 0 aromatic rings. The van der Waals surface area contributed by atoms with Crippen molar-refractivity contribution >= 4 is 10.4 Å². The van der Waals surface area contributed by atoms with Crippen molar-refractivity contribution in [3.8, 4) is 0 Å². The van der Waals surface area contributed by atoms with E-state index in [-0.39, 0.29) is 0 Å². The molecule has 0 aromatic heterocycles. The Morgan fingerprint density at radius 1 is 1.24 bits per heavy atom. The van der Waals surface area contributed by atoms with Gasteiger partial charge in [-0.05, 0) is 94.0 Å². The fourth-order valence-electron chi connectivity index (χ4n) is 6.91. The first-order chi connectivity index (χ1) is 15.3. The summed E-state index contributed by atoms with van der Waals surface area (Å²) in [5, 5.41) is 10.1. The van der Waals surface area contributed by atoms with E-state index in [1.54, 1.807) is 0 Å². The standard InChI is InChI=1S/C27H44O5S/c1-19-10-13-23(32-33(29,30)31)18-22(19)12-11-21-9-7-17-27(5)24(14-15-25(21)27)20(2)8-6-16-26(3,4)28/h11-12,20,23-25,28H,1,6-10,13-18H2,2-5H3,(H,29,30,31)/b21-11+,22-12-/t20-,23+,24-,25+,27-/m1/s1. The van der Waals surface area contributed by atoms with E-state index in [9.17, 15) is 13.5 Å². The second-order valence-electron chi connectivity index (χ2n) is 11.7. The summed E-state index contributed by atoms with van der Waals surface area (Å²) in [6, 6.07) is 0. The molecule has 3 saturated carbocycles. The average Bonchev–Trinajstić information content (AvgIpc) is 3.03. The lowest BCUT2D eigenvalue weighted by Crippen LogP contribution is -2.36. The lowest BCUT2D eigenvalue weighted by atomic mass is 9.60. The Labute approximate surface area is 201 Å². The Morgan fingerprint density at radius 2 is 1.97 bits per heavy atom. The minimum atomic E-state index is -4.44. The molecule has 33 heavy (non-hydrogen) atoms. The molecule has 0 spiro atoms. The average molecular weight is 481 g/mol. The van der Waals surface area contributed by atoms with Gasteiger partial charge in [-0.25, -0.2) is 4.18 Å². The van der Waals surface area contributed by atoms with Crippen LogP contribution in [0.1, 0.15) is 98.3 Å². The molecule has 0 radical (unpaired) electrons. The minimum absolute atomic E-state index is 0.330. The van der Waals surface area contributed by atoms with Gasteiger partial charge in [0.25, 0.3) is 0 Å². The summed E-state index contributed by atoms with van der Waals surface area (Å²) in [5.41, 5.74) is 3.34. The summed E-state index contributed by atoms with van der Waals surface area (Å²) in [6.07, 6.45) is 14.8. The van der Waals surface area contributed by atoms with Crippen LogP contribution in [0.25, 0.3) is 0 Å². The van der Waals surface area contributed by atoms with Crippen molar-refractivity contribution in [2.75, 3.05) is 0 Å². The Hall–Kier alpha value is -0.950. The summed E-state index contributed by atoms with van der Waals surface area (Å²) >= 11 is 0. The van der Waals surface area contributed by atoms with E-state index >= 15 is 0 Å². The molecule has 0 saturated heterocycles. The first-order valence-corrected chi connectivity index (χ1v) is 14.1. The number of fused-ring (bicyclic) bond motifs is 1. The van der Waals surface area contributed by atoms with E-state index in [2.05, 4.69) is 32.6 Å². The fraction of sp³-hybridized carbons (Fsp3) is 0.778. The quantitative estimate of drug-likeness (QED) is 0.384. The van der Waals surface area contributed by atoms with Crippen LogP contribution in [-0.4, -0.2) is 29.8 Å². The maximum Gasteiger partial charge on any atom is 0.397 e. The van der Waals surface area contributed by atoms with Crippen LogP contribution in [0.15, 0.2) is 35.5 Å². The molecule has 5 nitrogen and oxygen atoms in total. The van der Waals surface area contributed by atoms with Crippen molar-refractivity contribution in [3.63, 3.8) is 0 Å². The molecule has 188 valence electrons. The van der Waals surface area contributed by atoms with Crippen molar-refractivity contribution in [1.29, 1.82) is 0 Å². The zero-order valence-corrected chi connectivity index (χ0v) is 21.8. The van der Waals surface area contributed by atoms with E-state index in [1.165, 1.54) is 37.7 Å². The summed E-state index contributed by atoms with van der Waals surface area (Å²) in [6.45, 7) is 12.9. The topological polar surface area (TPSA) is 83.8 Å². The molecule has 3 aliphatic carbocycles. The molecule has 0 bridgehead atoms. The maximum absolute atomic E-state index is 11.1. The van der Waals surface area contributed by atoms with Crippen molar-refractivity contribution in [1.82, 2.24) is 0 Å². The summed E-state index contributed by atoms with van der Waals surface area (Å²) in [4.78, 5) is 0. The minimum Gasteiger partial charge on any atom is -0.390 e. The smallest absolute Gasteiger partial charge is 0.390 e. The van der Waals surface area contributed by atoms with Crippen molar-refractivity contribution in [2.45, 2.75) is 110 Å². The normalized spacial score (nSPS) is 34.6. The van der Waals surface area contributed by atoms with Crippen molar-refractivity contribution in [3.05, 3.63) is 35.5 Å². The lowest BCUT2D eigenvalue weighted by Gasteiger charge is -2.44. The van der Waals surface area contributed by atoms with Crippen LogP contribution in [0.2, 0.25) is 0 Å². The summed E-state index contributed by atoms with van der Waals surface area (Å²) in [5.74, 6) is 1.99. The highest BCUT2D eigenvalue weighted by molar-refractivity contribution is 7.80. The van der Waals surface area contributed by atoms with Crippen LogP contribution in [0, 0.1) is 23.2 Å². The zero-order valence-electron chi connectivity index (χ0n) is 21.0. The highest BCUT2D eigenvalue weighted by Crippen LogP contribution is 2.60. The monoisotopic (exact) mass is 480 g/mol. The van der Waals surface area contributed by atoms with Crippen molar-refractivity contribution in [2.24, 2.45) is 23.2 Å². The zero-order chi connectivity index (χ0) is 24.4. The largest absolute Gasteiger partial charge is 0.397 e. The third-order valence-electron chi connectivity index (χ3n) is 8.60. The molecule has 3 fully saturated rings. The van der Waals surface area contributed by atoms with E-state index < -0.39 is 22.1 Å².